The number of hydrogen-bond donors (Lipinski definition) is 4. The van der Waals surface area contributed by atoms with E-state index < -0.39 is 11.2 Å². The third-order valence-electron chi connectivity index (χ3n) is 7.67. The van der Waals surface area contributed by atoms with Crippen molar-refractivity contribution in [1.29, 1.82) is 0 Å². The molecule has 0 aromatic heterocycles. The van der Waals surface area contributed by atoms with E-state index in [-0.39, 0.29) is 23.9 Å². The fourth-order valence-corrected chi connectivity index (χ4v) is 5.69. The summed E-state index contributed by atoms with van der Waals surface area (Å²) in [4.78, 5) is 0. The molecule has 4 rings (SSSR count). The quantitative estimate of drug-likeness (QED) is 0.534. The molecule has 0 saturated heterocycles. The Bertz CT molecular complexity index is 745. The Balaban J connectivity index is 1.35. The fraction of sp³-hybridized carbons (Fsp3) is 0.538. The maximum absolute atomic E-state index is 11.5. The molecule has 0 bridgehead atoms. The van der Waals surface area contributed by atoms with Gasteiger partial charge in [-0.2, -0.15) is 0 Å². The summed E-state index contributed by atoms with van der Waals surface area (Å²) in [5.74, 6) is 0.318. The van der Waals surface area contributed by atoms with Gasteiger partial charge in [0.15, 0.2) is 0 Å². The Hall–Kier alpha value is -1.72. The molecule has 4 heteroatoms. The SMILES string of the molecule is C[C@H](NC[C@]1(O)CC[C@H]2[C@@H]1CC[C@@]2(O)CN[C@@H](C)c1ccccc1)c1ccccc1. The van der Waals surface area contributed by atoms with Gasteiger partial charge in [-0.1, -0.05) is 60.7 Å². The first kappa shape index (κ1) is 21.5. The normalized spacial score (nSPS) is 32.7. The van der Waals surface area contributed by atoms with Gasteiger partial charge in [-0.05, 0) is 62.5 Å². The van der Waals surface area contributed by atoms with Crippen molar-refractivity contribution in [2.75, 3.05) is 13.1 Å². The van der Waals surface area contributed by atoms with Crippen LogP contribution in [0.1, 0.15) is 62.7 Å². The molecule has 6 atom stereocenters. The summed E-state index contributed by atoms with van der Waals surface area (Å²) in [5.41, 5.74) is 1.00. The van der Waals surface area contributed by atoms with E-state index in [0.29, 0.717) is 13.1 Å². The minimum Gasteiger partial charge on any atom is -0.388 e. The van der Waals surface area contributed by atoms with E-state index in [0.717, 1.165) is 25.7 Å². The number of hydrogen-bond acceptors (Lipinski definition) is 4. The highest BCUT2D eigenvalue weighted by molar-refractivity contribution is 5.20. The third kappa shape index (κ3) is 4.33. The highest BCUT2D eigenvalue weighted by Gasteiger charge is 2.58. The molecule has 0 radical (unpaired) electrons. The zero-order chi connectivity index (χ0) is 21.2. The molecular formula is C26H36N2O2. The Kier molecular flexibility index (Phi) is 6.31. The smallest absolute Gasteiger partial charge is 0.0803 e. The average molecular weight is 409 g/mol. The minimum atomic E-state index is -0.733. The Morgan fingerprint density at radius 2 is 1.10 bits per heavy atom. The molecule has 4 N–H and O–H groups in total. The van der Waals surface area contributed by atoms with Gasteiger partial charge in [0, 0.05) is 25.2 Å². The molecule has 2 aliphatic rings. The summed E-state index contributed by atoms with van der Waals surface area (Å²) in [6, 6.07) is 21.1. The zero-order valence-electron chi connectivity index (χ0n) is 18.2. The monoisotopic (exact) mass is 408 g/mol. The standard InChI is InChI=1S/C26H36N2O2/c1-19(21-9-5-3-6-10-21)27-17-25(29)15-13-24-23(25)14-16-26(24,30)18-28-20(2)22-11-7-4-8-12-22/h3-12,19-20,23-24,27-30H,13-18H2,1-2H3/t19-,20-,23-,24-,25+,26+/m0/s1. The maximum Gasteiger partial charge on any atom is 0.0803 e. The summed E-state index contributed by atoms with van der Waals surface area (Å²) in [7, 11) is 0. The molecule has 2 fully saturated rings. The molecule has 30 heavy (non-hydrogen) atoms. The van der Waals surface area contributed by atoms with Gasteiger partial charge >= 0.3 is 0 Å². The summed E-state index contributed by atoms with van der Waals surface area (Å²) in [6.45, 7) is 5.44. The van der Waals surface area contributed by atoms with Crippen LogP contribution in [0.15, 0.2) is 60.7 Å². The minimum absolute atomic E-state index is 0.159. The highest BCUT2D eigenvalue weighted by Crippen LogP contribution is 2.54. The first-order chi connectivity index (χ1) is 14.4. The molecule has 0 amide bonds. The molecule has 0 aliphatic heterocycles. The van der Waals surface area contributed by atoms with Gasteiger partial charge in [0.05, 0.1) is 11.2 Å². The van der Waals surface area contributed by atoms with Crippen LogP contribution in [0.5, 0.6) is 0 Å². The van der Waals surface area contributed by atoms with Crippen LogP contribution < -0.4 is 10.6 Å². The Labute approximate surface area is 180 Å². The molecular weight excluding hydrogens is 372 g/mol. The van der Waals surface area contributed by atoms with Gasteiger partial charge in [-0.15, -0.1) is 0 Å². The number of nitrogens with one attached hydrogen (secondary N) is 2. The van der Waals surface area contributed by atoms with Gasteiger partial charge in [0.1, 0.15) is 0 Å². The van der Waals surface area contributed by atoms with Crippen molar-refractivity contribution in [2.45, 2.75) is 62.8 Å². The van der Waals surface area contributed by atoms with E-state index in [4.69, 9.17) is 0 Å². The van der Waals surface area contributed by atoms with Crippen molar-refractivity contribution >= 4 is 0 Å². The maximum atomic E-state index is 11.5. The Morgan fingerprint density at radius 3 is 1.47 bits per heavy atom. The van der Waals surface area contributed by atoms with Crippen molar-refractivity contribution in [2.24, 2.45) is 11.8 Å². The molecule has 2 aliphatic carbocycles. The predicted octanol–water partition coefficient (Wildman–Crippen LogP) is 3.97. The van der Waals surface area contributed by atoms with Gasteiger partial charge in [-0.25, -0.2) is 0 Å². The molecule has 0 heterocycles. The second-order valence-corrected chi connectivity index (χ2v) is 9.52. The molecule has 2 aromatic carbocycles. The summed E-state index contributed by atoms with van der Waals surface area (Å²) in [6.07, 6.45) is 3.29. The summed E-state index contributed by atoms with van der Waals surface area (Å²) >= 11 is 0. The van der Waals surface area contributed by atoms with Crippen LogP contribution in [0.25, 0.3) is 0 Å². The number of rotatable bonds is 8. The van der Waals surface area contributed by atoms with Crippen molar-refractivity contribution in [1.82, 2.24) is 10.6 Å². The van der Waals surface area contributed by atoms with Gasteiger partial charge in [0.25, 0.3) is 0 Å². The summed E-state index contributed by atoms with van der Waals surface area (Å²) in [5, 5.41) is 30.0. The molecule has 2 saturated carbocycles. The van der Waals surface area contributed by atoms with E-state index >= 15 is 0 Å². The van der Waals surface area contributed by atoms with Crippen molar-refractivity contribution in [3.8, 4) is 0 Å². The lowest BCUT2D eigenvalue weighted by Crippen LogP contribution is -2.48. The first-order valence-electron chi connectivity index (χ1n) is 11.4. The number of aliphatic hydroxyl groups is 2. The van der Waals surface area contributed by atoms with Crippen LogP contribution in [-0.2, 0) is 0 Å². The van der Waals surface area contributed by atoms with E-state index in [1.807, 2.05) is 36.4 Å². The van der Waals surface area contributed by atoms with Crippen molar-refractivity contribution in [3.63, 3.8) is 0 Å². The van der Waals surface area contributed by atoms with Crippen molar-refractivity contribution < 1.29 is 10.2 Å². The second-order valence-electron chi connectivity index (χ2n) is 9.52. The van der Waals surface area contributed by atoms with Crippen LogP contribution >= 0.6 is 0 Å². The zero-order valence-corrected chi connectivity index (χ0v) is 18.2. The molecule has 2 aromatic rings. The lowest BCUT2D eigenvalue weighted by atomic mass is 9.83. The topological polar surface area (TPSA) is 64.5 Å². The first-order valence-corrected chi connectivity index (χ1v) is 11.4. The van der Waals surface area contributed by atoms with E-state index in [9.17, 15) is 10.2 Å². The Morgan fingerprint density at radius 1 is 0.733 bits per heavy atom. The number of fused-ring (bicyclic) bond motifs is 1. The van der Waals surface area contributed by atoms with E-state index in [1.54, 1.807) is 0 Å². The third-order valence-corrected chi connectivity index (χ3v) is 7.67. The van der Waals surface area contributed by atoms with Crippen molar-refractivity contribution in [3.05, 3.63) is 71.8 Å². The second kappa shape index (κ2) is 8.80. The molecule has 0 unspecified atom stereocenters. The van der Waals surface area contributed by atoms with E-state index in [2.05, 4.69) is 48.7 Å². The lowest BCUT2D eigenvalue weighted by Gasteiger charge is -2.34. The van der Waals surface area contributed by atoms with Crippen LogP contribution in [0.4, 0.5) is 0 Å². The van der Waals surface area contributed by atoms with Crippen LogP contribution in [-0.4, -0.2) is 34.5 Å². The van der Waals surface area contributed by atoms with Gasteiger partial charge in [0.2, 0.25) is 0 Å². The molecule has 0 spiro atoms. The highest BCUT2D eigenvalue weighted by atomic mass is 16.3. The van der Waals surface area contributed by atoms with Crippen LogP contribution in [0.3, 0.4) is 0 Å². The van der Waals surface area contributed by atoms with Crippen LogP contribution in [0, 0.1) is 11.8 Å². The largest absolute Gasteiger partial charge is 0.388 e. The molecule has 4 nitrogen and oxygen atoms in total. The molecule has 162 valence electrons. The summed E-state index contributed by atoms with van der Waals surface area (Å²) < 4.78 is 0. The van der Waals surface area contributed by atoms with Gasteiger partial charge in [-0.3, -0.25) is 0 Å². The fourth-order valence-electron chi connectivity index (χ4n) is 5.69. The predicted molar refractivity (Wildman–Crippen MR) is 121 cm³/mol. The van der Waals surface area contributed by atoms with Crippen LogP contribution in [0.2, 0.25) is 0 Å². The average Bonchev–Trinajstić information content (AvgIpc) is 3.30. The lowest BCUT2D eigenvalue weighted by molar-refractivity contribution is -0.0300. The number of benzene rings is 2. The van der Waals surface area contributed by atoms with Gasteiger partial charge < -0.3 is 20.8 Å². The van der Waals surface area contributed by atoms with E-state index in [1.165, 1.54) is 11.1 Å².